The maximum atomic E-state index is 13.7. The van der Waals surface area contributed by atoms with Crippen LogP contribution in [0.25, 0.3) is 0 Å². The van der Waals surface area contributed by atoms with Crippen molar-refractivity contribution >= 4 is 0 Å². The molecule has 0 aromatic rings. The molecule has 1 heterocycles. The average molecular weight is 375 g/mol. The first-order valence-corrected chi connectivity index (χ1v) is 7.54. The van der Waals surface area contributed by atoms with Crippen LogP contribution in [-0.4, -0.2) is 52.8 Å². The van der Waals surface area contributed by atoms with Crippen molar-refractivity contribution in [1.82, 2.24) is 4.90 Å². The number of β-amino-alcohol motifs (C(OH)–C–C–N with tert-alkyl or cyclic N) is 1. The van der Waals surface area contributed by atoms with E-state index in [9.17, 15) is 35.8 Å². The molecule has 0 radical (unpaired) electrons. The van der Waals surface area contributed by atoms with Gasteiger partial charge in [0.1, 0.15) is 6.10 Å². The summed E-state index contributed by atoms with van der Waals surface area (Å²) in [7, 11) is 0. The molecule has 0 aromatic heterocycles. The van der Waals surface area contributed by atoms with E-state index in [1.165, 1.54) is 17.1 Å². The molecule has 0 aliphatic carbocycles. The van der Waals surface area contributed by atoms with Crippen LogP contribution >= 0.6 is 0 Å². The Morgan fingerprint density at radius 3 is 2.12 bits per heavy atom. The van der Waals surface area contributed by atoms with Crippen LogP contribution < -0.4 is 0 Å². The Labute approximate surface area is 141 Å². The van der Waals surface area contributed by atoms with Gasteiger partial charge in [0.15, 0.2) is 0 Å². The first-order chi connectivity index (χ1) is 11.4. The molecule has 1 N–H and O–H groups in total. The number of aliphatic hydroxyl groups is 1. The summed E-state index contributed by atoms with van der Waals surface area (Å²) in [6.07, 6.45) is -2.42. The molecule has 0 saturated carbocycles. The number of alkyl halides is 7. The summed E-state index contributed by atoms with van der Waals surface area (Å²) in [6, 6.07) is -0.987. The Bertz CT molecular complexity index is 501. The summed E-state index contributed by atoms with van der Waals surface area (Å²) in [4.78, 5) is 1.29. The second kappa shape index (κ2) is 7.90. The minimum Gasteiger partial charge on any atom is -0.385 e. The van der Waals surface area contributed by atoms with Crippen molar-refractivity contribution in [2.24, 2.45) is 0 Å². The van der Waals surface area contributed by atoms with E-state index in [-0.39, 0.29) is 6.42 Å². The number of hydrogen-bond acceptors (Lipinski definition) is 2. The predicted molar refractivity (Wildman–Crippen MR) is 79.6 cm³/mol. The van der Waals surface area contributed by atoms with E-state index in [1.54, 1.807) is 12.2 Å². The summed E-state index contributed by atoms with van der Waals surface area (Å²) >= 11 is 0. The van der Waals surface area contributed by atoms with E-state index in [0.717, 1.165) is 0 Å². The lowest BCUT2D eigenvalue weighted by Gasteiger charge is -2.41. The second-order valence-corrected chi connectivity index (χ2v) is 5.84. The van der Waals surface area contributed by atoms with Gasteiger partial charge < -0.3 is 5.11 Å². The number of hydrogen-bond donors (Lipinski definition) is 1. The Hall–Kier alpha value is -1.35. The van der Waals surface area contributed by atoms with E-state index in [4.69, 9.17) is 0 Å². The van der Waals surface area contributed by atoms with E-state index < -0.39 is 42.8 Å². The van der Waals surface area contributed by atoms with Gasteiger partial charge in [-0.1, -0.05) is 24.3 Å². The van der Waals surface area contributed by atoms with Crippen LogP contribution in [0.4, 0.5) is 30.7 Å². The number of aliphatic hydroxyl groups excluding tert-OH is 1. The van der Waals surface area contributed by atoms with Crippen molar-refractivity contribution in [1.29, 1.82) is 0 Å². The molecular weight excluding hydrogens is 355 g/mol. The quantitative estimate of drug-likeness (QED) is 0.504. The Kier molecular flexibility index (Phi) is 6.86. The topological polar surface area (TPSA) is 23.5 Å². The monoisotopic (exact) mass is 375 g/mol. The summed E-state index contributed by atoms with van der Waals surface area (Å²) in [5, 5.41) is 9.55. The van der Waals surface area contributed by atoms with Gasteiger partial charge in [0, 0.05) is 18.6 Å². The molecule has 9 heteroatoms. The normalized spacial score (nSPS) is 24.2. The third kappa shape index (κ3) is 4.44. The Morgan fingerprint density at radius 1 is 1.08 bits per heavy atom. The maximum Gasteiger partial charge on any atom is 0.459 e. The lowest BCUT2D eigenvalue weighted by atomic mass is 9.95. The van der Waals surface area contributed by atoms with Gasteiger partial charge in [0.05, 0.1) is 0 Å². The lowest BCUT2D eigenvalue weighted by molar-refractivity contribution is -0.371. The van der Waals surface area contributed by atoms with Gasteiger partial charge in [-0.15, -0.1) is 13.2 Å². The lowest BCUT2D eigenvalue weighted by Crippen LogP contribution is -2.61. The second-order valence-electron chi connectivity index (χ2n) is 5.84. The van der Waals surface area contributed by atoms with E-state index in [1.807, 2.05) is 0 Å². The van der Waals surface area contributed by atoms with Crippen molar-refractivity contribution in [3.05, 3.63) is 37.5 Å². The van der Waals surface area contributed by atoms with Crippen molar-refractivity contribution < 1.29 is 35.8 Å². The molecule has 25 heavy (non-hydrogen) atoms. The first-order valence-electron chi connectivity index (χ1n) is 7.54. The van der Waals surface area contributed by atoms with E-state index in [2.05, 4.69) is 13.2 Å². The molecule has 3 atom stereocenters. The Balaban J connectivity index is 3.07. The molecule has 0 saturated heterocycles. The number of rotatable bonds is 8. The molecular formula is C16H20F7NO. The highest BCUT2D eigenvalue weighted by Gasteiger charge is 2.75. The van der Waals surface area contributed by atoms with Gasteiger partial charge >= 0.3 is 18.0 Å². The zero-order valence-electron chi connectivity index (χ0n) is 13.3. The van der Waals surface area contributed by atoms with Crippen LogP contribution in [-0.2, 0) is 0 Å². The van der Waals surface area contributed by atoms with Gasteiger partial charge in [0.2, 0.25) is 0 Å². The highest BCUT2D eigenvalue weighted by molar-refractivity contribution is 5.08. The van der Waals surface area contributed by atoms with E-state index >= 15 is 0 Å². The SMILES string of the molecule is C=CC[C@H]1CC=C[C@H](CC=C)N1C[C@H](O)C(F)(F)C(F)(F)C(F)(F)F. The van der Waals surface area contributed by atoms with Crippen LogP contribution in [0.5, 0.6) is 0 Å². The van der Waals surface area contributed by atoms with Crippen molar-refractivity contribution in [2.75, 3.05) is 6.54 Å². The predicted octanol–water partition coefficient (Wildman–Crippen LogP) is 4.33. The molecule has 0 amide bonds. The molecule has 144 valence electrons. The minimum absolute atomic E-state index is 0.262. The number of halogens is 7. The van der Waals surface area contributed by atoms with E-state index in [0.29, 0.717) is 12.8 Å². The molecule has 0 aromatic carbocycles. The summed E-state index contributed by atoms with van der Waals surface area (Å²) in [5.74, 6) is -12.0. The molecule has 1 rings (SSSR count). The van der Waals surface area contributed by atoms with Gasteiger partial charge in [-0.25, -0.2) is 0 Å². The zero-order chi connectivity index (χ0) is 19.5. The van der Waals surface area contributed by atoms with Gasteiger partial charge in [-0.2, -0.15) is 30.7 Å². The summed E-state index contributed by atoms with van der Waals surface area (Å²) < 4.78 is 90.4. The molecule has 0 fully saturated rings. The van der Waals surface area contributed by atoms with Gasteiger partial charge in [0.25, 0.3) is 0 Å². The number of nitrogens with zero attached hydrogens (tertiary/aromatic N) is 1. The summed E-state index contributed by atoms with van der Waals surface area (Å²) in [6.45, 7) is 5.97. The smallest absolute Gasteiger partial charge is 0.385 e. The van der Waals surface area contributed by atoms with Crippen molar-refractivity contribution in [3.8, 4) is 0 Å². The zero-order valence-corrected chi connectivity index (χ0v) is 13.3. The van der Waals surface area contributed by atoms with Crippen LogP contribution in [0, 0.1) is 0 Å². The maximum absolute atomic E-state index is 13.7. The summed E-state index contributed by atoms with van der Waals surface area (Å²) in [5.41, 5.74) is 0. The highest BCUT2D eigenvalue weighted by Crippen LogP contribution is 2.48. The fourth-order valence-corrected chi connectivity index (χ4v) is 2.72. The first kappa shape index (κ1) is 21.7. The highest BCUT2D eigenvalue weighted by atomic mass is 19.4. The minimum atomic E-state index is -6.47. The Morgan fingerprint density at radius 2 is 1.64 bits per heavy atom. The van der Waals surface area contributed by atoms with Gasteiger partial charge in [-0.05, 0) is 19.3 Å². The standard InChI is InChI=1S/C16H20F7NO/c1-3-6-11-8-5-9-12(7-4-2)24(11)10-13(25)14(17,18)15(19,20)16(21,22)23/h3-5,8,11-13,25H,1-2,6-7,9-10H2/t11-,12-,13-/m0/s1. The molecule has 1 aliphatic heterocycles. The molecule has 2 nitrogen and oxygen atoms in total. The van der Waals surface area contributed by atoms with Crippen LogP contribution in [0.3, 0.4) is 0 Å². The third-order valence-electron chi connectivity index (χ3n) is 4.09. The molecule has 0 unspecified atom stereocenters. The van der Waals surface area contributed by atoms with Crippen molar-refractivity contribution in [2.45, 2.75) is 55.5 Å². The average Bonchev–Trinajstić information content (AvgIpc) is 2.49. The van der Waals surface area contributed by atoms with Crippen LogP contribution in [0.1, 0.15) is 19.3 Å². The third-order valence-corrected chi connectivity index (χ3v) is 4.09. The van der Waals surface area contributed by atoms with Crippen LogP contribution in [0.2, 0.25) is 0 Å². The van der Waals surface area contributed by atoms with Crippen molar-refractivity contribution in [3.63, 3.8) is 0 Å². The molecule has 0 bridgehead atoms. The fourth-order valence-electron chi connectivity index (χ4n) is 2.72. The molecule has 0 spiro atoms. The van der Waals surface area contributed by atoms with Crippen LogP contribution in [0.15, 0.2) is 37.5 Å². The fraction of sp³-hybridized carbons (Fsp3) is 0.625. The molecule has 1 aliphatic rings. The largest absolute Gasteiger partial charge is 0.459 e. The van der Waals surface area contributed by atoms with Gasteiger partial charge in [-0.3, -0.25) is 4.90 Å².